The van der Waals surface area contributed by atoms with Crippen molar-refractivity contribution in [1.29, 1.82) is 0 Å². The summed E-state index contributed by atoms with van der Waals surface area (Å²) in [5.41, 5.74) is 0.459. The smallest absolute Gasteiger partial charge is 0.0695 e. The van der Waals surface area contributed by atoms with E-state index in [0.717, 1.165) is 12.3 Å². The minimum atomic E-state index is -0.0740. The molecule has 0 radical (unpaired) electrons. The van der Waals surface area contributed by atoms with Gasteiger partial charge in [0.2, 0.25) is 0 Å². The van der Waals surface area contributed by atoms with Gasteiger partial charge in [0.1, 0.15) is 0 Å². The average molecular weight is 211 g/mol. The molecule has 0 aromatic rings. The molecule has 2 rings (SSSR count). The van der Waals surface area contributed by atoms with E-state index in [1.165, 1.54) is 32.4 Å². The molecule has 0 bridgehead atoms. The van der Waals surface area contributed by atoms with Crippen molar-refractivity contribution < 1.29 is 5.11 Å². The van der Waals surface area contributed by atoms with Crippen LogP contribution in [0.25, 0.3) is 0 Å². The van der Waals surface area contributed by atoms with Crippen molar-refractivity contribution in [2.24, 2.45) is 11.3 Å². The van der Waals surface area contributed by atoms with Crippen LogP contribution in [0.4, 0.5) is 0 Å². The monoisotopic (exact) mass is 211 g/mol. The molecule has 3 unspecified atom stereocenters. The van der Waals surface area contributed by atoms with Crippen molar-refractivity contribution in [3.63, 3.8) is 0 Å². The van der Waals surface area contributed by atoms with Gasteiger partial charge in [0.05, 0.1) is 6.10 Å². The van der Waals surface area contributed by atoms with Crippen molar-refractivity contribution in [1.82, 2.24) is 4.90 Å². The first-order valence-electron chi connectivity index (χ1n) is 6.40. The maximum Gasteiger partial charge on any atom is 0.0695 e. The lowest BCUT2D eigenvalue weighted by Crippen LogP contribution is -2.46. The molecular formula is C13H25NO. The van der Waals surface area contributed by atoms with E-state index in [1.807, 2.05) is 0 Å². The second-order valence-corrected chi connectivity index (χ2v) is 6.44. The fraction of sp³-hybridized carbons (Fsp3) is 1.00. The first-order chi connectivity index (χ1) is 6.98. The molecule has 1 N–H and O–H groups in total. The van der Waals surface area contributed by atoms with E-state index in [2.05, 4.69) is 25.7 Å². The molecule has 0 aromatic carbocycles. The zero-order chi connectivity index (χ0) is 11.1. The van der Waals surface area contributed by atoms with Crippen molar-refractivity contribution in [2.75, 3.05) is 13.1 Å². The van der Waals surface area contributed by atoms with Crippen LogP contribution in [-0.2, 0) is 0 Å². The Bertz CT molecular complexity index is 227. The van der Waals surface area contributed by atoms with Crippen LogP contribution < -0.4 is 0 Å². The molecular weight excluding hydrogens is 186 g/mol. The Morgan fingerprint density at radius 2 is 2.00 bits per heavy atom. The van der Waals surface area contributed by atoms with Gasteiger partial charge in [-0.25, -0.2) is 0 Å². The molecule has 2 heteroatoms. The van der Waals surface area contributed by atoms with Crippen LogP contribution in [0.2, 0.25) is 0 Å². The lowest BCUT2D eigenvalue weighted by atomic mass is 9.84. The van der Waals surface area contributed by atoms with Crippen LogP contribution in [0.15, 0.2) is 0 Å². The van der Waals surface area contributed by atoms with Crippen molar-refractivity contribution in [3.8, 4) is 0 Å². The van der Waals surface area contributed by atoms with Crippen molar-refractivity contribution in [2.45, 2.75) is 58.6 Å². The Kier molecular flexibility index (Phi) is 3.09. The quantitative estimate of drug-likeness (QED) is 0.719. The van der Waals surface area contributed by atoms with Gasteiger partial charge in [-0.1, -0.05) is 20.8 Å². The van der Waals surface area contributed by atoms with Gasteiger partial charge in [-0.05, 0) is 43.6 Å². The third kappa shape index (κ3) is 2.54. The normalized spacial score (nSPS) is 42.0. The maximum absolute atomic E-state index is 10.1. The van der Waals surface area contributed by atoms with Crippen LogP contribution in [0.5, 0.6) is 0 Å². The minimum absolute atomic E-state index is 0.0740. The van der Waals surface area contributed by atoms with Crippen LogP contribution in [0, 0.1) is 11.3 Å². The molecule has 2 aliphatic rings. The van der Waals surface area contributed by atoms with Gasteiger partial charge in [-0.2, -0.15) is 0 Å². The van der Waals surface area contributed by atoms with E-state index in [0.29, 0.717) is 11.5 Å². The standard InChI is InChI=1S/C13H25NO/c1-10-4-5-12(15)11(8-10)14-7-6-13(2,3)9-14/h10-12,15H,4-9H2,1-3H3. The Balaban J connectivity index is 1.97. The van der Waals surface area contributed by atoms with Crippen LogP contribution in [-0.4, -0.2) is 35.2 Å². The highest BCUT2D eigenvalue weighted by Gasteiger charge is 2.38. The highest BCUT2D eigenvalue weighted by molar-refractivity contribution is 4.92. The number of rotatable bonds is 1. The minimum Gasteiger partial charge on any atom is -0.391 e. The number of aliphatic hydroxyl groups excluding tert-OH is 1. The molecule has 1 aliphatic heterocycles. The lowest BCUT2D eigenvalue weighted by molar-refractivity contribution is 0.0124. The van der Waals surface area contributed by atoms with Gasteiger partial charge in [-0.15, -0.1) is 0 Å². The van der Waals surface area contributed by atoms with Gasteiger partial charge >= 0.3 is 0 Å². The number of hydrogen-bond acceptors (Lipinski definition) is 2. The molecule has 0 amide bonds. The number of nitrogens with zero attached hydrogens (tertiary/aromatic N) is 1. The highest BCUT2D eigenvalue weighted by Crippen LogP contribution is 2.35. The summed E-state index contributed by atoms with van der Waals surface area (Å²) in [5.74, 6) is 0.794. The molecule has 2 fully saturated rings. The first-order valence-corrected chi connectivity index (χ1v) is 6.40. The zero-order valence-corrected chi connectivity index (χ0v) is 10.4. The number of aliphatic hydroxyl groups is 1. The molecule has 1 saturated heterocycles. The third-order valence-corrected chi connectivity index (χ3v) is 4.22. The van der Waals surface area contributed by atoms with E-state index in [1.54, 1.807) is 0 Å². The number of hydrogen-bond donors (Lipinski definition) is 1. The molecule has 1 heterocycles. The zero-order valence-electron chi connectivity index (χ0n) is 10.4. The van der Waals surface area contributed by atoms with Gasteiger partial charge in [0.15, 0.2) is 0 Å². The number of likely N-dealkylation sites (tertiary alicyclic amines) is 1. The average Bonchev–Trinajstić information content (AvgIpc) is 2.50. The van der Waals surface area contributed by atoms with Gasteiger partial charge in [0, 0.05) is 12.6 Å². The molecule has 2 nitrogen and oxygen atoms in total. The van der Waals surface area contributed by atoms with Gasteiger partial charge < -0.3 is 5.11 Å². The molecule has 1 saturated carbocycles. The maximum atomic E-state index is 10.1. The summed E-state index contributed by atoms with van der Waals surface area (Å²) < 4.78 is 0. The summed E-state index contributed by atoms with van der Waals surface area (Å²) in [7, 11) is 0. The van der Waals surface area contributed by atoms with Crippen LogP contribution in [0.3, 0.4) is 0 Å². The second-order valence-electron chi connectivity index (χ2n) is 6.44. The molecule has 0 aromatic heterocycles. The largest absolute Gasteiger partial charge is 0.391 e. The molecule has 88 valence electrons. The summed E-state index contributed by atoms with van der Waals surface area (Å²) >= 11 is 0. The summed E-state index contributed by atoms with van der Waals surface area (Å²) in [6, 6.07) is 0.440. The summed E-state index contributed by atoms with van der Waals surface area (Å²) in [6.45, 7) is 9.35. The van der Waals surface area contributed by atoms with E-state index >= 15 is 0 Å². The Hall–Kier alpha value is -0.0800. The third-order valence-electron chi connectivity index (χ3n) is 4.22. The summed E-state index contributed by atoms with van der Waals surface area (Å²) in [6.07, 6.45) is 4.61. The fourth-order valence-corrected chi connectivity index (χ4v) is 3.16. The molecule has 0 spiro atoms. The van der Waals surface area contributed by atoms with E-state index in [-0.39, 0.29) is 6.10 Å². The van der Waals surface area contributed by atoms with Crippen LogP contribution >= 0.6 is 0 Å². The molecule has 15 heavy (non-hydrogen) atoms. The van der Waals surface area contributed by atoms with Crippen LogP contribution in [0.1, 0.15) is 46.5 Å². The van der Waals surface area contributed by atoms with Gasteiger partial charge in [-0.3, -0.25) is 4.90 Å². The lowest BCUT2D eigenvalue weighted by Gasteiger charge is -2.38. The summed E-state index contributed by atoms with van der Waals surface area (Å²) in [4.78, 5) is 2.53. The van der Waals surface area contributed by atoms with Gasteiger partial charge in [0.25, 0.3) is 0 Å². The van der Waals surface area contributed by atoms with E-state index in [9.17, 15) is 5.11 Å². The van der Waals surface area contributed by atoms with Crippen molar-refractivity contribution >= 4 is 0 Å². The first kappa shape index (κ1) is 11.4. The molecule has 3 atom stereocenters. The summed E-state index contributed by atoms with van der Waals surface area (Å²) in [5, 5.41) is 10.1. The Labute approximate surface area is 93.7 Å². The second kappa shape index (κ2) is 4.06. The molecule has 1 aliphatic carbocycles. The van der Waals surface area contributed by atoms with Crippen molar-refractivity contribution in [3.05, 3.63) is 0 Å². The topological polar surface area (TPSA) is 23.5 Å². The Morgan fingerprint density at radius 1 is 1.27 bits per heavy atom. The predicted octanol–water partition coefficient (Wildman–Crippen LogP) is 2.27. The van der Waals surface area contributed by atoms with E-state index < -0.39 is 0 Å². The highest BCUT2D eigenvalue weighted by atomic mass is 16.3. The fourth-order valence-electron chi connectivity index (χ4n) is 3.16. The SMILES string of the molecule is CC1CCC(O)C(N2CCC(C)(C)C2)C1. The van der Waals surface area contributed by atoms with E-state index in [4.69, 9.17) is 0 Å². The Morgan fingerprint density at radius 3 is 2.60 bits per heavy atom. The predicted molar refractivity (Wildman–Crippen MR) is 62.8 cm³/mol.